The van der Waals surface area contributed by atoms with Gasteiger partial charge in [-0.05, 0) is 12.1 Å². The molecule has 3 aromatic rings. The first-order valence-electron chi connectivity index (χ1n) is 10.2. The molecule has 13 heteroatoms. The Kier molecular flexibility index (Phi) is 5.86. The lowest BCUT2D eigenvalue weighted by molar-refractivity contribution is -0.108. The van der Waals surface area contributed by atoms with Crippen LogP contribution in [0.4, 0.5) is 14.6 Å². The van der Waals surface area contributed by atoms with Crippen LogP contribution in [0.1, 0.15) is 24.3 Å². The molecule has 0 spiro atoms. The maximum atomic E-state index is 14.8. The number of imidazole rings is 1. The highest BCUT2D eigenvalue weighted by Crippen LogP contribution is 2.39. The second kappa shape index (κ2) is 8.37. The summed E-state index contributed by atoms with van der Waals surface area (Å²) in [5, 5.41) is 4.31. The van der Waals surface area contributed by atoms with Gasteiger partial charge in [0.1, 0.15) is 23.5 Å². The molecule has 10 nitrogen and oxygen atoms in total. The Hall–Kier alpha value is -3.06. The molecule has 3 aromatic heterocycles. The highest BCUT2D eigenvalue weighted by molar-refractivity contribution is 7.88. The van der Waals surface area contributed by atoms with Crippen molar-refractivity contribution in [2.45, 2.75) is 19.8 Å². The molecule has 0 bridgehead atoms. The SMILES string of the molecule is CC(=O)c1ccc2ncc(-c3cc(N4C[C@@H](CNS(C)(=O)=O)C(F)(F)[C@@H](C)C4)ncn3)n2n1. The van der Waals surface area contributed by atoms with Crippen LogP contribution in [-0.2, 0) is 10.0 Å². The van der Waals surface area contributed by atoms with Gasteiger partial charge in [0.25, 0.3) is 5.92 Å². The molecule has 33 heavy (non-hydrogen) atoms. The number of hydrogen-bond acceptors (Lipinski definition) is 8. The van der Waals surface area contributed by atoms with Gasteiger partial charge in [-0.3, -0.25) is 4.79 Å². The van der Waals surface area contributed by atoms with Crippen molar-refractivity contribution in [1.29, 1.82) is 0 Å². The first-order valence-corrected chi connectivity index (χ1v) is 12.1. The van der Waals surface area contributed by atoms with Crippen LogP contribution in [0, 0.1) is 11.8 Å². The maximum absolute atomic E-state index is 14.8. The summed E-state index contributed by atoms with van der Waals surface area (Å²) in [6.45, 7) is 2.42. The van der Waals surface area contributed by atoms with Crippen LogP contribution in [0.3, 0.4) is 0 Å². The van der Waals surface area contributed by atoms with Gasteiger partial charge < -0.3 is 4.90 Å². The second-order valence-electron chi connectivity index (χ2n) is 8.25. The van der Waals surface area contributed by atoms with Crippen LogP contribution in [0.15, 0.2) is 30.7 Å². The molecule has 0 aliphatic carbocycles. The fraction of sp³-hybridized carbons (Fsp3) is 0.450. The van der Waals surface area contributed by atoms with E-state index in [4.69, 9.17) is 0 Å². The van der Waals surface area contributed by atoms with Crippen molar-refractivity contribution in [3.63, 3.8) is 0 Å². The number of Topliss-reactive ketones (excluding diaryl/α,β-unsaturated/α-hetero) is 1. The van der Waals surface area contributed by atoms with Crippen molar-refractivity contribution in [2.24, 2.45) is 11.8 Å². The first kappa shape index (κ1) is 23.1. The average molecular weight is 480 g/mol. The zero-order chi connectivity index (χ0) is 24.0. The van der Waals surface area contributed by atoms with Crippen LogP contribution in [0.5, 0.6) is 0 Å². The largest absolute Gasteiger partial charge is 0.355 e. The van der Waals surface area contributed by atoms with E-state index in [-0.39, 0.29) is 31.1 Å². The fourth-order valence-electron chi connectivity index (χ4n) is 3.85. The van der Waals surface area contributed by atoms with Gasteiger partial charge in [0, 0.05) is 38.5 Å². The first-order chi connectivity index (χ1) is 15.5. The summed E-state index contributed by atoms with van der Waals surface area (Å²) in [5.74, 6) is -5.07. The third-order valence-electron chi connectivity index (χ3n) is 5.69. The molecule has 1 fully saturated rings. The molecule has 2 atom stereocenters. The number of rotatable bonds is 6. The number of nitrogens with one attached hydrogen (secondary N) is 1. The molecule has 1 aliphatic rings. The number of piperidine rings is 1. The number of sulfonamides is 1. The standard InChI is InChI=1S/C20H23F2N7O3S/c1-12-9-28(10-14(20(12,21)22)7-26-33(3,31)32)19-6-16(24-11-25-19)17-8-23-18-5-4-15(13(2)30)27-29(17)18/h4-6,8,11-12,14,26H,7,9-10H2,1-3H3/t12-,14+/m0/s1. The Morgan fingerprint density at radius 2 is 2.00 bits per heavy atom. The molecular weight excluding hydrogens is 456 g/mol. The predicted molar refractivity (Wildman–Crippen MR) is 117 cm³/mol. The number of hydrogen-bond donors (Lipinski definition) is 1. The number of halogens is 2. The van der Waals surface area contributed by atoms with E-state index in [1.54, 1.807) is 29.3 Å². The number of anilines is 1. The molecule has 1 saturated heterocycles. The Balaban J connectivity index is 1.66. The van der Waals surface area contributed by atoms with E-state index >= 15 is 0 Å². The van der Waals surface area contributed by atoms with Crippen molar-refractivity contribution in [1.82, 2.24) is 29.3 Å². The zero-order valence-electron chi connectivity index (χ0n) is 18.2. The van der Waals surface area contributed by atoms with Gasteiger partial charge in [-0.1, -0.05) is 6.92 Å². The molecule has 0 aromatic carbocycles. The lowest BCUT2D eigenvalue weighted by atomic mass is 9.86. The minimum absolute atomic E-state index is 0.0404. The van der Waals surface area contributed by atoms with Crippen LogP contribution < -0.4 is 9.62 Å². The van der Waals surface area contributed by atoms with Crippen LogP contribution >= 0.6 is 0 Å². The molecule has 176 valence electrons. The van der Waals surface area contributed by atoms with E-state index in [2.05, 4.69) is 24.8 Å². The van der Waals surface area contributed by atoms with E-state index in [0.29, 0.717) is 22.9 Å². The van der Waals surface area contributed by atoms with E-state index in [0.717, 1.165) is 6.26 Å². The lowest BCUT2D eigenvalue weighted by Crippen LogP contribution is -2.56. The molecule has 0 amide bonds. The molecule has 4 heterocycles. The summed E-state index contributed by atoms with van der Waals surface area (Å²) < 4.78 is 56.1. The van der Waals surface area contributed by atoms with Gasteiger partial charge in [0.15, 0.2) is 11.4 Å². The average Bonchev–Trinajstić information content (AvgIpc) is 3.17. The summed E-state index contributed by atoms with van der Waals surface area (Å²) >= 11 is 0. The third-order valence-corrected chi connectivity index (χ3v) is 6.38. The Labute approximate surface area is 189 Å². The Morgan fingerprint density at radius 3 is 2.70 bits per heavy atom. The van der Waals surface area contributed by atoms with Gasteiger partial charge in [-0.15, -0.1) is 0 Å². The van der Waals surface area contributed by atoms with Gasteiger partial charge >= 0.3 is 0 Å². The maximum Gasteiger partial charge on any atom is 0.258 e. The zero-order valence-corrected chi connectivity index (χ0v) is 19.1. The molecule has 0 radical (unpaired) electrons. The number of carbonyl (C=O) groups excluding carboxylic acids is 1. The monoisotopic (exact) mass is 479 g/mol. The van der Waals surface area contributed by atoms with Crippen LogP contribution in [0.25, 0.3) is 17.0 Å². The van der Waals surface area contributed by atoms with E-state index < -0.39 is 27.8 Å². The molecule has 0 unspecified atom stereocenters. The minimum Gasteiger partial charge on any atom is -0.355 e. The second-order valence-corrected chi connectivity index (χ2v) is 10.1. The smallest absolute Gasteiger partial charge is 0.258 e. The summed E-state index contributed by atoms with van der Waals surface area (Å²) in [7, 11) is -3.61. The topological polar surface area (TPSA) is 122 Å². The van der Waals surface area contributed by atoms with Gasteiger partial charge in [0.2, 0.25) is 10.0 Å². The fourth-order valence-corrected chi connectivity index (χ4v) is 4.36. The minimum atomic E-state index is -3.61. The van der Waals surface area contributed by atoms with Crippen molar-refractivity contribution in [2.75, 3.05) is 30.8 Å². The van der Waals surface area contributed by atoms with Crippen molar-refractivity contribution < 1.29 is 22.0 Å². The molecule has 1 N–H and O–H groups in total. The summed E-state index contributed by atoms with van der Waals surface area (Å²) in [4.78, 5) is 26.2. The van der Waals surface area contributed by atoms with Crippen molar-refractivity contribution in [3.8, 4) is 11.4 Å². The Morgan fingerprint density at radius 1 is 1.24 bits per heavy atom. The van der Waals surface area contributed by atoms with Gasteiger partial charge in [-0.2, -0.15) is 5.10 Å². The van der Waals surface area contributed by atoms with Crippen molar-refractivity contribution in [3.05, 3.63) is 36.4 Å². The van der Waals surface area contributed by atoms with Crippen molar-refractivity contribution >= 4 is 27.3 Å². The van der Waals surface area contributed by atoms with Crippen LogP contribution in [-0.4, -0.2) is 70.6 Å². The Bertz CT molecular complexity index is 1310. The number of fused-ring (bicyclic) bond motifs is 1. The normalized spacial score (nSPS) is 20.8. The summed E-state index contributed by atoms with van der Waals surface area (Å²) in [5.41, 5.74) is 1.76. The quantitative estimate of drug-likeness (QED) is 0.530. The lowest BCUT2D eigenvalue weighted by Gasteiger charge is -2.43. The van der Waals surface area contributed by atoms with Crippen LogP contribution in [0.2, 0.25) is 0 Å². The number of carbonyl (C=O) groups is 1. The van der Waals surface area contributed by atoms with E-state index in [1.165, 1.54) is 24.7 Å². The van der Waals surface area contributed by atoms with Gasteiger partial charge in [0.05, 0.1) is 24.1 Å². The highest BCUT2D eigenvalue weighted by Gasteiger charge is 2.49. The predicted octanol–water partition coefficient (Wildman–Crippen LogP) is 1.65. The molecule has 1 aliphatic heterocycles. The summed E-state index contributed by atoms with van der Waals surface area (Å²) in [6, 6.07) is 4.89. The number of nitrogens with zero attached hydrogens (tertiary/aromatic N) is 6. The highest BCUT2D eigenvalue weighted by atomic mass is 32.2. The number of alkyl halides is 2. The molecular formula is C20H23F2N7O3S. The van der Waals surface area contributed by atoms with E-state index in [9.17, 15) is 22.0 Å². The molecule has 0 saturated carbocycles. The third kappa shape index (κ3) is 4.69. The molecule has 4 rings (SSSR count). The number of ketones is 1. The van der Waals surface area contributed by atoms with E-state index in [1.807, 2.05) is 0 Å². The number of aromatic nitrogens is 5. The van der Waals surface area contributed by atoms with Gasteiger partial charge in [-0.25, -0.2) is 41.4 Å². The summed E-state index contributed by atoms with van der Waals surface area (Å²) in [6.07, 6.45) is 3.82.